The van der Waals surface area contributed by atoms with E-state index < -0.39 is 0 Å². The monoisotopic (exact) mass is 235 g/mol. The Morgan fingerprint density at radius 1 is 1.29 bits per heavy atom. The molecule has 1 aromatic heterocycles. The molecule has 2 aliphatic carbocycles. The highest BCUT2D eigenvalue weighted by molar-refractivity contribution is 5.03. The van der Waals surface area contributed by atoms with Crippen molar-refractivity contribution >= 4 is 0 Å². The van der Waals surface area contributed by atoms with Gasteiger partial charge in [-0.15, -0.1) is 0 Å². The molecular formula is C13H21N3O. The van der Waals surface area contributed by atoms with Crippen LogP contribution in [-0.4, -0.2) is 22.7 Å². The predicted octanol–water partition coefficient (Wildman–Crippen LogP) is 2.27. The summed E-state index contributed by atoms with van der Waals surface area (Å²) >= 11 is 0. The molecular weight excluding hydrogens is 214 g/mol. The van der Waals surface area contributed by atoms with Crippen LogP contribution in [0.2, 0.25) is 0 Å². The molecule has 4 heteroatoms. The molecule has 17 heavy (non-hydrogen) atoms. The molecule has 0 spiro atoms. The maximum atomic E-state index is 5.45. The van der Waals surface area contributed by atoms with E-state index in [0.29, 0.717) is 12.0 Å². The third-order valence-electron chi connectivity index (χ3n) is 3.95. The Morgan fingerprint density at radius 3 is 2.94 bits per heavy atom. The van der Waals surface area contributed by atoms with Crippen LogP contribution in [-0.2, 0) is 6.42 Å². The number of rotatable bonds is 5. The number of nitrogens with zero attached hydrogens (tertiary/aromatic N) is 2. The van der Waals surface area contributed by atoms with E-state index in [1.165, 1.54) is 32.1 Å². The Balaban J connectivity index is 1.67. The van der Waals surface area contributed by atoms with Crippen molar-refractivity contribution in [2.24, 2.45) is 5.92 Å². The summed E-state index contributed by atoms with van der Waals surface area (Å²) in [7, 11) is 0. The van der Waals surface area contributed by atoms with E-state index in [1.54, 1.807) is 0 Å². The summed E-state index contributed by atoms with van der Waals surface area (Å²) in [4.78, 5) is 4.59. The van der Waals surface area contributed by atoms with Gasteiger partial charge in [0, 0.05) is 12.5 Å². The van der Waals surface area contributed by atoms with Gasteiger partial charge in [0.25, 0.3) is 0 Å². The maximum Gasteiger partial charge on any atom is 0.231 e. The van der Waals surface area contributed by atoms with Gasteiger partial charge >= 0.3 is 0 Å². The molecule has 4 nitrogen and oxygen atoms in total. The molecule has 0 saturated heterocycles. The van der Waals surface area contributed by atoms with Crippen LogP contribution >= 0.6 is 0 Å². The second kappa shape index (κ2) is 4.77. The van der Waals surface area contributed by atoms with Gasteiger partial charge in [-0.1, -0.05) is 18.5 Å². The second-order valence-electron chi connectivity index (χ2n) is 5.40. The minimum absolute atomic E-state index is 0.440. The van der Waals surface area contributed by atoms with Crippen LogP contribution < -0.4 is 5.32 Å². The van der Waals surface area contributed by atoms with E-state index in [2.05, 4.69) is 22.4 Å². The van der Waals surface area contributed by atoms with Gasteiger partial charge in [-0.05, 0) is 38.1 Å². The minimum atomic E-state index is 0.440. The first kappa shape index (κ1) is 11.2. The van der Waals surface area contributed by atoms with Crippen molar-refractivity contribution in [2.75, 3.05) is 6.54 Å². The van der Waals surface area contributed by atoms with E-state index in [4.69, 9.17) is 4.52 Å². The smallest absolute Gasteiger partial charge is 0.231 e. The lowest BCUT2D eigenvalue weighted by Crippen LogP contribution is -2.31. The molecule has 2 saturated carbocycles. The van der Waals surface area contributed by atoms with Gasteiger partial charge in [0.2, 0.25) is 5.89 Å². The average Bonchev–Trinajstić information content (AvgIpc) is 2.83. The third-order valence-corrected chi connectivity index (χ3v) is 3.95. The quantitative estimate of drug-likeness (QED) is 0.850. The van der Waals surface area contributed by atoms with Crippen molar-refractivity contribution in [3.05, 3.63) is 11.7 Å². The zero-order chi connectivity index (χ0) is 11.7. The van der Waals surface area contributed by atoms with Gasteiger partial charge in [0.15, 0.2) is 5.82 Å². The Hall–Kier alpha value is -0.900. The Labute approximate surface area is 102 Å². The molecule has 3 rings (SSSR count). The normalized spacial score (nSPS) is 28.8. The molecule has 94 valence electrons. The van der Waals surface area contributed by atoms with Crippen molar-refractivity contribution in [3.8, 4) is 0 Å². The number of likely N-dealkylation sites (N-methyl/N-ethyl adjacent to an activating group) is 1. The summed E-state index contributed by atoms with van der Waals surface area (Å²) in [5.74, 6) is 3.05. The summed E-state index contributed by atoms with van der Waals surface area (Å²) in [6.45, 7) is 3.17. The fourth-order valence-corrected chi connectivity index (χ4v) is 2.84. The van der Waals surface area contributed by atoms with Crippen molar-refractivity contribution in [1.29, 1.82) is 0 Å². The van der Waals surface area contributed by atoms with E-state index in [1.807, 2.05) is 0 Å². The zero-order valence-corrected chi connectivity index (χ0v) is 10.5. The van der Waals surface area contributed by atoms with E-state index >= 15 is 0 Å². The zero-order valence-electron chi connectivity index (χ0n) is 10.5. The predicted molar refractivity (Wildman–Crippen MR) is 64.8 cm³/mol. The number of nitrogens with one attached hydrogen (secondary N) is 1. The Kier molecular flexibility index (Phi) is 3.14. The van der Waals surface area contributed by atoms with Gasteiger partial charge in [-0.2, -0.15) is 4.98 Å². The highest BCUT2D eigenvalue weighted by Gasteiger charge is 2.33. The Bertz CT molecular complexity index is 372. The summed E-state index contributed by atoms with van der Waals surface area (Å²) in [5, 5.41) is 7.65. The van der Waals surface area contributed by atoms with Crippen molar-refractivity contribution < 1.29 is 4.52 Å². The van der Waals surface area contributed by atoms with Crippen LogP contribution in [0.4, 0.5) is 0 Å². The van der Waals surface area contributed by atoms with Crippen LogP contribution in [0.15, 0.2) is 4.52 Å². The topological polar surface area (TPSA) is 51.0 Å². The van der Waals surface area contributed by atoms with Gasteiger partial charge in [0.05, 0.1) is 5.92 Å². The molecule has 0 aliphatic heterocycles. The van der Waals surface area contributed by atoms with Crippen molar-refractivity contribution in [1.82, 2.24) is 15.5 Å². The third kappa shape index (κ3) is 2.51. The summed E-state index contributed by atoms with van der Waals surface area (Å²) in [6.07, 6.45) is 7.38. The summed E-state index contributed by atoms with van der Waals surface area (Å²) in [6, 6.07) is 0.536. The van der Waals surface area contributed by atoms with Crippen molar-refractivity contribution in [3.63, 3.8) is 0 Å². The fraction of sp³-hybridized carbons (Fsp3) is 0.846. The number of hydrogen-bond donors (Lipinski definition) is 1. The SMILES string of the molecule is CCNC1CCCC1c1nc(CC2CC2)no1. The molecule has 2 aliphatic rings. The van der Waals surface area contributed by atoms with Crippen molar-refractivity contribution in [2.45, 2.75) is 57.4 Å². The van der Waals surface area contributed by atoms with Gasteiger partial charge in [0.1, 0.15) is 0 Å². The highest BCUT2D eigenvalue weighted by atomic mass is 16.5. The standard InChI is InChI=1S/C13H21N3O/c1-2-14-11-5-3-4-10(11)13-15-12(16-17-13)8-9-6-7-9/h9-11,14H,2-8H2,1H3. The lowest BCUT2D eigenvalue weighted by molar-refractivity contribution is 0.328. The first-order valence-electron chi connectivity index (χ1n) is 6.92. The first-order chi connectivity index (χ1) is 8.36. The van der Waals surface area contributed by atoms with E-state index in [-0.39, 0.29) is 0 Å². The van der Waals surface area contributed by atoms with Crippen LogP contribution in [0.3, 0.4) is 0 Å². The maximum absolute atomic E-state index is 5.45. The lowest BCUT2D eigenvalue weighted by Gasteiger charge is -2.16. The molecule has 1 heterocycles. The molecule has 1 N–H and O–H groups in total. The van der Waals surface area contributed by atoms with Crippen LogP contribution in [0.1, 0.15) is 56.7 Å². The van der Waals surface area contributed by atoms with Crippen LogP contribution in [0.5, 0.6) is 0 Å². The second-order valence-corrected chi connectivity index (χ2v) is 5.40. The Morgan fingerprint density at radius 2 is 2.18 bits per heavy atom. The highest BCUT2D eigenvalue weighted by Crippen LogP contribution is 2.35. The van der Waals surface area contributed by atoms with Crippen LogP contribution in [0, 0.1) is 5.92 Å². The first-order valence-corrected chi connectivity index (χ1v) is 6.92. The molecule has 0 amide bonds. The largest absolute Gasteiger partial charge is 0.339 e. The fourth-order valence-electron chi connectivity index (χ4n) is 2.84. The van der Waals surface area contributed by atoms with Gasteiger partial charge in [-0.3, -0.25) is 0 Å². The van der Waals surface area contributed by atoms with Crippen LogP contribution in [0.25, 0.3) is 0 Å². The average molecular weight is 235 g/mol. The molecule has 2 atom stereocenters. The summed E-state index contributed by atoms with van der Waals surface area (Å²) in [5.41, 5.74) is 0. The minimum Gasteiger partial charge on any atom is -0.339 e. The molecule has 2 unspecified atom stereocenters. The number of hydrogen-bond acceptors (Lipinski definition) is 4. The molecule has 0 aromatic carbocycles. The van der Waals surface area contributed by atoms with Gasteiger partial charge < -0.3 is 9.84 Å². The number of aromatic nitrogens is 2. The van der Waals surface area contributed by atoms with E-state index in [9.17, 15) is 0 Å². The molecule has 0 bridgehead atoms. The molecule has 2 fully saturated rings. The molecule has 0 radical (unpaired) electrons. The van der Waals surface area contributed by atoms with Gasteiger partial charge in [-0.25, -0.2) is 0 Å². The van der Waals surface area contributed by atoms with E-state index in [0.717, 1.165) is 30.6 Å². The molecule has 1 aromatic rings. The summed E-state index contributed by atoms with van der Waals surface area (Å²) < 4.78 is 5.45. The lowest BCUT2D eigenvalue weighted by atomic mass is 10.0.